The van der Waals surface area contributed by atoms with E-state index in [-0.39, 0.29) is 12.0 Å². The predicted octanol–water partition coefficient (Wildman–Crippen LogP) is 3.78. The van der Waals surface area contributed by atoms with Gasteiger partial charge in [-0.15, -0.1) is 0 Å². The van der Waals surface area contributed by atoms with E-state index in [2.05, 4.69) is 41.2 Å². The zero-order valence-electron chi connectivity index (χ0n) is 21.5. The fraction of sp³-hybridized carbons (Fsp3) is 0.440. The number of ether oxygens (including phenoxy) is 3. The van der Waals surface area contributed by atoms with Crippen LogP contribution in [0.4, 0.5) is 11.6 Å². The number of aromatic nitrogens is 6. The summed E-state index contributed by atoms with van der Waals surface area (Å²) in [4.78, 5) is 16.8. The van der Waals surface area contributed by atoms with Gasteiger partial charge in [-0.1, -0.05) is 0 Å². The summed E-state index contributed by atoms with van der Waals surface area (Å²) < 4.78 is 20.3. The minimum absolute atomic E-state index is 0.184. The number of anilines is 2. The molecule has 11 nitrogen and oxygen atoms in total. The van der Waals surface area contributed by atoms with E-state index in [0.29, 0.717) is 28.9 Å². The minimum atomic E-state index is 0.184. The molecule has 4 heterocycles. The van der Waals surface area contributed by atoms with Gasteiger partial charge in [-0.2, -0.15) is 5.10 Å². The number of imidazole rings is 1. The number of fused-ring (bicyclic) bond motifs is 1. The van der Waals surface area contributed by atoms with Crippen LogP contribution in [0.2, 0.25) is 0 Å². The number of benzene rings is 1. The topological polar surface area (TPSA) is 104 Å². The third-order valence-corrected chi connectivity index (χ3v) is 6.49. The molecule has 11 heteroatoms. The number of hydrogen-bond donors (Lipinski definition) is 1. The van der Waals surface area contributed by atoms with Crippen molar-refractivity contribution in [2.45, 2.75) is 32.2 Å². The van der Waals surface area contributed by atoms with E-state index in [0.717, 1.165) is 42.1 Å². The van der Waals surface area contributed by atoms with E-state index in [1.54, 1.807) is 27.7 Å². The van der Waals surface area contributed by atoms with Crippen LogP contribution in [0.15, 0.2) is 30.9 Å². The average molecular weight is 493 g/mol. The van der Waals surface area contributed by atoms with Crippen LogP contribution in [0.5, 0.6) is 17.2 Å². The summed E-state index contributed by atoms with van der Waals surface area (Å²) in [5, 5.41) is 8.85. The van der Waals surface area contributed by atoms with Crippen LogP contribution in [0.25, 0.3) is 16.7 Å². The lowest BCUT2D eigenvalue weighted by Gasteiger charge is -2.14. The number of methoxy groups -OCH3 is 3. The summed E-state index contributed by atoms with van der Waals surface area (Å²) in [5.74, 6) is 4.15. The molecule has 1 aliphatic heterocycles. The van der Waals surface area contributed by atoms with Crippen LogP contribution < -0.4 is 19.5 Å². The van der Waals surface area contributed by atoms with Crippen molar-refractivity contribution in [1.29, 1.82) is 0 Å². The van der Waals surface area contributed by atoms with Crippen LogP contribution in [0.1, 0.15) is 38.1 Å². The maximum absolute atomic E-state index is 5.50. The van der Waals surface area contributed by atoms with Gasteiger partial charge in [0, 0.05) is 30.6 Å². The van der Waals surface area contributed by atoms with Gasteiger partial charge in [0.25, 0.3) is 0 Å². The Morgan fingerprint density at radius 1 is 1.06 bits per heavy atom. The molecule has 1 atom stereocenters. The summed E-state index contributed by atoms with van der Waals surface area (Å²) in [6.07, 6.45) is 6.47. The van der Waals surface area contributed by atoms with Crippen molar-refractivity contribution >= 4 is 22.7 Å². The van der Waals surface area contributed by atoms with Gasteiger partial charge in [0.1, 0.15) is 23.8 Å². The number of likely N-dealkylation sites (tertiary alicyclic amines) is 1. The molecule has 0 radical (unpaired) electrons. The highest BCUT2D eigenvalue weighted by molar-refractivity contribution is 5.88. The van der Waals surface area contributed by atoms with Crippen molar-refractivity contribution in [2.24, 2.45) is 0 Å². The zero-order chi connectivity index (χ0) is 25.4. The molecule has 0 spiro atoms. The van der Waals surface area contributed by atoms with E-state index in [1.807, 2.05) is 33.8 Å². The minimum Gasteiger partial charge on any atom is -0.493 e. The Morgan fingerprint density at radius 3 is 2.42 bits per heavy atom. The maximum atomic E-state index is 5.50. The van der Waals surface area contributed by atoms with Crippen LogP contribution >= 0.6 is 0 Å². The molecule has 1 unspecified atom stereocenters. The highest BCUT2D eigenvalue weighted by atomic mass is 16.5. The highest BCUT2D eigenvalue weighted by Crippen LogP contribution is 2.39. The van der Waals surface area contributed by atoms with E-state index in [4.69, 9.17) is 24.2 Å². The van der Waals surface area contributed by atoms with Gasteiger partial charge in [-0.3, -0.25) is 0 Å². The molecule has 1 N–H and O–H groups in total. The number of nitrogens with one attached hydrogen (secondary N) is 1. The molecule has 0 aliphatic carbocycles. The van der Waals surface area contributed by atoms with E-state index in [1.165, 1.54) is 0 Å². The van der Waals surface area contributed by atoms with Crippen LogP contribution in [-0.4, -0.2) is 75.7 Å². The van der Waals surface area contributed by atoms with Gasteiger partial charge in [-0.05, 0) is 33.9 Å². The second kappa shape index (κ2) is 9.65. The Balaban J connectivity index is 1.51. The van der Waals surface area contributed by atoms with E-state index in [9.17, 15) is 0 Å². The fourth-order valence-corrected chi connectivity index (χ4v) is 4.61. The van der Waals surface area contributed by atoms with Crippen molar-refractivity contribution in [3.63, 3.8) is 0 Å². The van der Waals surface area contributed by atoms with Crippen molar-refractivity contribution in [1.82, 2.24) is 34.2 Å². The van der Waals surface area contributed by atoms with Crippen molar-refractivity contribution in [3.8, 4) is 22.9 Å². The standard InChI is InChI=1S/C25H32N8O3/c1-15(2)33-25-18(11-27-33)24(29-23(30-25)16-7-8-31(3)12-16)28-21-13-32(14-26-21)17-9-19(34-4)22(36-6)20(10-17)35-5/h9-11,13-16H,7-8,12H2,1-6H3,(H,28,29,30). The normalized spacial score (nSPS) is 16.1. The Kier molecular flexibility index (Phi) is 6.40. The van der Waals surface area contributed by atoms with Crippen molar-refractivity contribution in [3.05, 3.63) is 36.7 Å². The summed E-state index contributed by atoms with van der Waals surface area (Å²) in [6, 6.07) is 3.93. The molecule has 4 aromatic rings. The average Bonchev–Trinajstić information content (AvgIpc) is 3.62. The zero-order valence-corrected chi connectivity index (χ0v) is 21.5. The first-order chi connectivity index (χ1) is 17.4. The second-order valence-corrected chi connectivity index (χ2v) is 9.27. The Labute approximate surface area is 210 Å². The smallest absolute Gasteiger partial charge is 0.203 e. The number of likely N-dealkylation sites (N-methyl/N-ethyl adjacent to an activating group) is 1. The summed E-state index contributed by atoms with van der Waals surface area (Å²) in [6.45, 7) is 6.18. The lowest BCUT2D eigenvalue weighted by Crippen LogP contribution is -2.15. The first-order valence-electron chi connectivity index (χ1n) is 12.0. The number of hydrogen-bond acceptors (Lipinski definition) is 9. The summed E-state index contributed by atoms with van der Waals surface area (Å²) in [7, 11) is 6.91. The molecule has 0 amide bonds. The molecule has 3 aromatic heterocycles. The third-order valence-electron chi connectivity index (χ3n) is 6.49. The molecular formula is C25H32N8O3. The SMILES string of the molecule is COc1cc(-n2cnc(Nc3nc(C4CCN(C)C4)nc4c3cnn4C(C)C)c2)cc(OC)c1OC. The van der Waals surface area contributed by atoms with Crippen molar-refractivity contribution in [2.75, 3.05) is 46.8 Å². The van der Waals surface area contributed by atoms with Crippen molar-refractivity contribution < 1.29 is 14.2 Å². The summed E-state index contributed by atoms with van der Waals surface area (Å²) in [5.41, 5.74) is 1.65. The fourth-order valence-electron chi connectivity index (χ4n) is 4.61. The lowest BCUT2D eigenvalue weighted by molar-refractivity contribution is 0.324. The van der Waals surface area contributed by atoms with Crippen LogP contribution in [0, 0.1) is 0 Å². The number of rotatable bonds is 8. The monoisotopic (exact) mass is 492 g/mol. The third kappa shape index (κ3) is 4.30. The van der Waals surface area contributed by atoms with Crippen LogP contribution in [-0.2, 0) is 0 Å². The van der Waals surface area contributed by atoms with Gasteiger partial charge in [-0.25, -0.2) is 19.6 Å². The van der Waals surface area contributed by atoms with Gasteiger partial charge in [0.15, 0.2) is 17.1 Å². The lowest BCUT2D eigenvalue weighted by atomic mass is 10.1. The molecular weight excluding hydrogens is 460 g/mol. The Bertz CT molecular complexity index is 1350. The largest absolute Gasteiger partial charge is 0.493 e. The molecule has 5 rings (SSSR count). The van der Waals surface area contributed by atoms with E-state index < -0.39 is 0 Å². The first-order valence-corrected chi connectivity index (χ1v) is 12.0. The Morgan fingerprint density at radius 2 is 1.81 bits per heavy atom. The molecule has 0 bridgehead atoms. The quantitative estimate of drug-likeness (QED) is 0.393. The van der Waals surface area contributed by atoms with Gasteiger partial charge >= 0.3 is 0 Å². The highest BCUT2D eigenvalue weighted by Gasteiger charge is 2.26. The molecule has 1 fully saturated rings. The Hall–Kier alpha value is -3.86. The van der Waals surface area contributed by atoms with Crippen LogP contribution in [0.3, 0.4) is 0 Å². The number of nitrogens with zero attached hydrogens (tertiary/aromatic N) is 7. The first kappa shape index (κ1) is 23.9. The summed E-state index contributed by atoms with van der Waals surface area (Å²) >= 11 is 0. The molecule has 1 saturated heterocycles. The predicted molar refractivity (Wildman–Crippen MR) is 137 cm³/mol. The second-order valence-electron chi connectivity index (χ2n) is 9.27. The van der Waals surface area contributed by atoms with Gasteiger partial charge in [0.05, 0.1) is 44.8 Å². The molecule has 36 heavy (non-hydrogen) atoms. The molecule has 0 saturated carbocycles. The van der Waals surface area contributed by atoms with Gasteiger partial charge in [0.2, 0.25) is 5.75 Å². The molecule has 1 aliphatic rings. The molecule has 190 valence electrons. The molecule has 1 aromatic carbocycles. The maximum Gasteiger partial charge on any atom is 0.203 e. The van der Waals surface area contributed by atoms with E-state index >= 15 is 0 Å². The van der Waals surface area contributed by atoms with Gasteiger partial charge < -0.3 is 29.0 Å².